The van der Waals surface area contributed by atoms with Crippen LogP contribution in [0.4, 0.5) is 0 Å². The van der Waals surface area contributed by atoms with E-state index in [1.54, 1.807) is 0 Å². The summed E-state index contributed by atoms with van der Waals surface area (Å²) in [4.78, 5) is 37.4. The number of hydrogen-bond acceptors (Lipinski definition) is 4. The first-order valence-electron chi connectivity index (χ1n) is 7.83. The lowest BCUT2D eigenvalue weighted by Gasteiger charge is -2.34. The molecule has 1 fully saturated rings. The van der Waals surface area contributed by atoms with Crippen molar-refractivity contribution >= 4 is 17.8 Å². The van der Waals surface area contributed by atoms with E-state index in [-0.39, 0.29) is 18.2 Å². The largest absolute Gasteiger partial charge is 0.466 e. The maximum Gasteiger partial charge on any atom is 0.308 e. The number of esters is 1. The Hall–Kier alpha value is -1.59. The molecule has 1 saturated heterocycles. The molecule has 1 aliphatic heterocycles. The van der Waals surface area contributed by atoms with E-state index < -0.39 is 12.0 Å². The van der Waals surface area contributed by atoms with E-state index in [1.807, 2.05) is 6.92 Å². The fraction of sp³-hybridized carbons (Fsp3) is 0.800. The van der Waals surface area contributed by atoms with Crippen molar-refractivity contribution in [3.05, 3.63) is 0 Å². The van der Waals surface area contributed by atoms with Crippen LogP contribution in [0.2, 0.25) is 0 Å². The fourth-order valence-electron chi connectivity index (χ4n) is 2.32. The molecule has 1 N–H and O–H groups in total. The standard InChI is InChI=1S/C15H26N2O4/c1-3-5-6-7-13(18)17-9-8-16-15(20)12(17)11-14(19)21-10-4-2/h12H,3-11H2,1-2H3,(H,16,20). The molecule has 0 aromatic carbocycles. The maximum absolute atomic E-state index is 12.2. The van der Waals surface area contributed by atoms with Crippen LogP contribution in [0.5, 0.6) is 0 Å². The lowest BCUT2D eigenvalue weighted by Crippen LogP contribution is -2.57. The molecule has 0 spiro atoms. The summed E-state index contributed by atoms with van der Waals surface area (Å²) in [5.41, 5.74) is 0. The predicted molar refractivity (Wildman–Crippen MR) is 78.5 cm³/mol. The number of piperazine rings is 1. The van der Waals surface area contributed by atoms with Crippen LogP contribution >= 0.6 is 0 Å². The lowest BCUT2D eigenvalue weighted by atomic mass is 10.1. The SMILES string of the molecule is CCCCCC(=O)N1CCNC(=O)C1CC(=O)OCCC. The fourth-order valence-corrected chi connectivity index (χ4v) is 2.32. The van der Waals surface area contributed by atoms with Crippen molar-refractivity contribution in [3.8, 4) is 0 Å². The van der Waals surface area contributed by atoms with Gasteiger partial charge in [0, 0.05) is 19.5 Å². The average molecular weight is 298 g/mol. The molecule has 0 saturated carbocycles. The molecule has 0 aliphatic carbocycles. The molecule has 0 radical (unpaired) electrons. The summed E-state index contributed by atoms with van der Waals surface area (Å²) < 4.78 is 5.01. The van der Waals surface area contributed by atoms with E-state index in [2.05, 4.69) is 12.2 Å². The van der Waals surface area contributed by atoms with Gasteiger partial charge in [-0.1, -0.05) is 26.7 Å². The molecule has 120 valence electrons. The Morgan fingerprint density at radius 3 is 2.71 bits per heavy atom. The molecule has 0 aromatic rings. The summed E-state index contributed by atoms with van der Waals surface area (Å²) in [5, 5.41) is 2.71. The summed E-state index contributed by atoms with van der Waals surface area (Å²) in [6, 6.07) is -0.725. The number of ether oxygens (including phenoxy) is 1. The van der Waals surface area contributed by atoms with Crippen molar-refractivity contribution < 1.29 is 19.1 Å². The van der Waals surface area contributed by atoms with Crippen molar-refractivity contribution in [1.29, 1.82) is 0 Å². The van der Waals surface area contributed by atoms with Gasteiger partial charge in [-0.05, 0) is 12.8 Å². The molecule has 6 nitrogen and oxygen atoms in total. The van der Waals surface area contributed by atoms with Crippen molar-refractivity contribution in [3.63, 3.8) is 0 Å². The van der Waals surface area contributed by atoms with Crippen LogP contribution in [0, 0.1) is 0 Å². The van der Waals surface area contributed by atoms with Gasteiger partial charge in [-0.25, -0.2) is 0 Å². The summed E-state index contributed by atoms with van der Waals surface area (Å²) in [6.07, 6.45) is 3.96. The first kappa shape index (κ1) is 17.5. The molecular weight excluding hydrogens is 272 g/mol. The molecule has 0 bridgehead atoms. The summed E-state index contributed by atoms with van der Waals surface area (Å²) in [7, 11) is 0. The highest BCUT2D eigenvalue weighted by atomic mass is 16.5. The maximum atomic E-state index is 12.2. The molecule has 1 heterocycles. The van der Waals surface area contributed by atoms with E-state index in [0.717, 1.165) is 25.7 Å². The van der Waals surface area contributed by atoms with Gasteiger partial charge in [-0.3, -0.25) is 14.4 Å². The lowest BCUT2D eigenvalue weighted by molar-refractivity contribution is -0.152. The molecular formula is C15H26N2O4. The Morgan fingerprint density at radius 1 is 1.29 bits per heavy atom. The predicted octanol–water partition coefficient (Wildman–Crippen LogP) is 1.24. The molecule has 2 amide bonds. The van der Waals surface area contributed by atoms with Gasteiger partial charge in [-0.15, -0.1) is 0 Å². The van der Waals surface area contributed by atoms with E-state index in [9.17, 15) is 14.4 Å². The number of hydrogen-bond donors (Lipinski definition) is 1. The van der Waals surface area contributed by atoms with Gasteiger partial charge < -0.3 is 15.0 Å². The molecule has 1 atom stereocenters. The highest BCUT2D eigenvalue weighted by molar-refractivity contribution is 5.91. The van der Waals surface area contributed by atoms with Crippen molar-refractivity contribution in [1.82, 2.24) is 10.2 Å². The minimum atomic E-state index is -0.725. The molecule has 1 aliphatic rings. The number of unbranched alkanes of at least 4 members (excludes halogenated alkanes) is 2. The van der Waals surface area contributed by atoms with Crippen LogP contribution in [-0.4, -0.2) is 48.4 Å². The number of nitrogens with zero attached hydrogens (tertiary/aromatic N) is 1. The summed E-state index contributed by atoms with van der Waals surface area (Å²) >= 11 is 0. The highest BCUT2D eigenvalue weighted by Gasteiger charge is 2.34. The van der Waals surface area contributed by atoms with Crippen LogP contribution in [0.3, 0.4) is 0 Å². The number of carbonyl (C=O) groups is 3. The van der Waals surface area contributed by atoms with E-state index in [0.29, 0.717) is 26.1 Å². The topological polar surface area (TPSA) is 75.7 Å². The number of carbonyl (C=O) groups excluding carboxylic acids is 3. The van der Waals surface area contributed by atoms with E-state index >= 15 is 0 Å². The minimum absolute atomic E-state index is 0.0495. The smallest absolute Gasteiger partial charge is 0.308 e. The van der Waals surface area contributed by atoms with Gasteiger partial charge in [0.25, 0.3) is 0 Å². The van der Waals surface area contributed by atoms with Crippen LogP contribution in [0.15, 0.2) is 0 Å². The Bertz CT molecular complexity index is 371. The van der Waals surface area contributed by atoms with Gasteiger partial charge >= 0.3 is 5.97 Å². The Labute approximate surface area is 126 Å². The van der Waals surface area contributed by atoms with Crippen LogP contribution < -0.4 is 5.32 Å². The highest BCUT2D eigenvalue weighted by Crippen LogP contribution is 2.13. The van der Waals surface area contributed by atoms with Gasteiger partial charge in [-0.2, -0.15) is 0 Å². The van der Waals surface area contributed by atoms with E-state index in [4.69, 9.17) is 4.74 Å². The van der Waals surface area contributed by atoms with Crippen molar-refractivity contribution in [2.24, 2.45) is 0 Å². The molecule has 1 unspecified atom stereocenters. The normalized spacial score (nSPS) is 18.3. The van der Waals surface area contributed by atoms with E-state index in [1.165, 1.54) is 4.90 Å². The number of amides is 2. The molecule has 6 heteroatoms. The number of rotatable bonds is 8. The number of nitrogens with one attached hydrogen (secondary N) is 1. The summed E-state index contributed by atoms with van der Waals surface area (Å²) in [5.74, 6) is -0.740. The summed E-state index contributed by atoms with van der Waals surface area (Å²) in [6.45, 7) is 5.23. The Balaban J connectivity index is 2.59. The Morgan fingerprint density at radius 2 is 2.05 bits per heavy atom. The van der Waals surface area contributed by atoms with Gasteiger partial charge in [0.05, 0.1) is 13.0 Å². The third-order valence-electron chi connectivity index (χ3n) is 3.47. The molecule has 21 heavy (non-hydrogen) atoms. The zero-order valence-electron chi connectivity index (χ0n) is 13.0. The third-order valence-corrected chi connectivity index (χ3v) is 3.47. The van der Waals surface area contributed by atoms with Crippen molar-refractivity contribution in [2.45, 2.75) is 58.4 Å². The zero-order valence-corrected chi connectivity index (χ0v) is 13.0. The van der Waals surface area contributed by atoms with Gasteiger partial charge in [0.15, 0.2) is 0 Å². The van der Waals surface area contributed by atoms with Crippen molar-refractivity contribution in [2.75, 3.05) is 19.7 Å². The first-order valence-corrected chi connectivity index (χ1v) is 7.83. The molecule has 0 aromatic heterocycles. The second-order valence-electron chi connectivity index (χ2n) is 5.28. The monoisotopic (exact) mass is 298 g/mol. The zero-order chi connectivity index (χ0) is 15.7. The van der Waals surface area contributed by atoms with Crippen LogP contribution in [0.25, 0.3) is 0 Å². The average Bonchev–Trinajstić information content (AvgIpc) is 2.47. The van der Waals surface area contributed by atoms with Crippen LogP contribution in [0.1, 0.15) is 52.4 Å². The first-order chi connectivity index (χ1) is 10.1. The Kier molecular flexibility index (Phi) is 7.79. The van der Waals surface area contributed by atoms with Crippen LogP contribution in [-0.2, 0) is 19.1 Å². The minimum Gasteiger partial charge on any atom is -0.466 e. The quantitative estimate of drug-likeness (QED) is 0.540. The van der Waals surface area contributed by atoms with Gasteiger partial charge in [0.1, 0.15) is 6.04 Å². The second kappa shape index (κ2) is 9.37. The second-order valence-corrected chi connectivity index (χ2v) is 5.28. The molecule has 1 rings (SSSR count). The van der Waals surface area contributed by atoms with Gasteiger partial charge in [0.2, 0.25) is 11.8 Å². The third kappa shape index (κ3) is 5.73.